The summed E-state index contributed by atoms with van der Waals surface area (Å²) < 4.78 is 3.87. The first-order chi connectivity index (χ1) is 12.7. The quantitative estimate of drug-likeness (QED) is 0.712. The maximum Gasteiger partial charge on any atom is 0.267 e. The molecular weight excluding hydrogens is 346 g/mol. The summed E-state index contributed by atoms with van der Waals surface area (Å²) in [5.41, 5.74) is 2.79. The van der Waals surface area contributed by atoms with Gasteiger partial charge in [-0.2, -0.15) is 0 Å². The lowest BCUT2D eigenvalue weighted by atomic mass is 9.93. The third kappa shape index (κ3) is 3.35. The van der Waals surface area contributed by atoms with Gasteiger partial charge in [0.25, 0.3) is 5.91 Å². The van der Waals surface area contributed by atoms with E-state index in [4.69, 9.17) is 4.98 Å². The van der Waals surface area contributed by atoms with Crippen LogP contribution >= 0.6 is 11.5 Å². The number of rotatable bonds is 3. The van der Waals surface area contributed by atoms with E-state index in [0.29, 0.717) is 16.5 Å². The third-order valence-electron chi connectivity index (χ3n) is 4.76. The van der Waals surface area contributed by atoms with Crippen molar-refractivity contribution in [2.45, 2.75) is 25.7 Å². The van der Waals surface area contributed by atoms with E-state index in [1.165, 1.54) is 11.5 Å². The Morgan fingerprint density at radius 2 is 1.92 bits per heavy atom. The molecule has 3 heterocycles. The molecular formula is C19H19N5OS. The number of carbonyl (C=O) groups excluding carboxylic acids is 1. The highest BCUT2D eigenvalue weighted by atomic mass is 32.1. The van der Waals surface area contributed by atoms with Crippen molar-refractivity contribution in [2.24, 2.45) is 0 Å². The highest BCUT2D eigenvalue weighted by molar-refractivity contribution is 7.07. The Morgan fingerprint density at radius 3 is 2.62 bits per heavy atom. The second-order valence-corrected chi connectivity index (χ2v) is 7.18. The summed E-state index contributed by atoms with van der Waals surface area (Å²) >= 11 is 1.18. The van der Waals surface area contributed by atoms with Crippen molar-refractivity contribution in [2.75, 3.05) is 13.1 Å². The molecule has 1 aliphatic heterocycles. The van der Waals surface area contributed by atoms with Gasteiger partial charge in [0, 0.05) is 36.5 Å². The van der Waals surface area contributed by atoms with Crippen LogP contribution in [0.3, 0.4) is 0 Å². The molecule has 1 fully saturated rings. The van der Waals surface area contributed by atoms with Crippen molar-refractivity contribution in [3.8, 4) is 11.4 Å². The highest BCUT2D eigenvalue weighted by Crippen LogP contribution is 2.29. The maximum absolute atomic E-state index is 12.6. The molecule has 1 saturated heterocycles. The molecule has 0 N–H and O–H groups in total. The largest absolute Gasteiger partial charge is 0.338 e. The molecule has 0 atom stereocenters. The van der Waals surface area contributed by atoms with E-state index in [1.807, 2.05) is 54.4 Å². The van der Waals surface area contributed by atoms with Gasteiger partial charge in [-0.25, -0.2) is 9.97 Å². The van der Waals surface area contributed by atoms with E-state index in [-0.39, 0.29) is 5.91 Å². The molecule has 0 bridgehead atoms. The maximum atomic E-state index is 12.6. The number of amides is 1. The summed E-state index contributed by atoms with van der Waals surface area (Å²) in [5.74, 6) is 1.15. The van der Waals surface area contributed by atoms with E-state index < -0.39 is 0 Å². The normalized spacial score (nSPS) is 15.2. The van der Waals surface area contributed by atoms with Crippen LogP contribution in [0.2, 0.25) is 0 Å². The van der Waals surface area contributed by atoms with Gasteiger partial charge in [0.1, 0.15) is 4.88 Å². The fourth-order valence-corrected chi connectivity index (χ4v) is 3.90. The lowest BCUT2D eigenvalue weighted by Crippen LogP contribution is -2.38. The first-order valence-electron chi connectivity index (χ1n) is 8.69. The minimum Gasteiger partial charge on any atom is -0.338 e. The van der Waals surface area contributed by atoms with Gasteiger partial charge in [-0.15, -0.1) is 5.10 Å². The van der Waals surface area contributed by atoms with Crippen molar-refractivity contribution < 1.29 is 4.79 Å². The molecule has 0 aliphatic carbocycles. The van der Waals surface area contributed by atoms with Crippen LogP contribution in [-0.4, -0.2) is 43.5 Å². The highest BCUT2D eigenvalue weighted by Gasteiger charge is 2.27. The third-order valence-corrected chi connectivity index (χ3v) is 5.57. The zero-order chi connectivity index (χ0) is 17.9. The van der Waals surface area contributed by atoms with Gasteiger partial charge in [-0.05, 0) is 37.4 Å². The van der Waals surface area contributed by atoms with Gasteiger partial charge in [0.15, 0.2) is 5.82 Å². The van der Waals surface area contributed by atoms with E-state index in [2.05, 4.69) is 14.6 Å². The number of carbonyl (C=O) groups is 1. The molecule has 7 heteroatoms. The minimum absolute atomic E-state index is 0.0450. The molecule has 3 aromatic rings. The van der Waals surface area contributed by atoms with Gasteiger partial charge in [0.2, 0.25) is 0 Å². The van der Waals surface area contributed by atoms with Gasteiger partial charge in [-0.3, -0.25) is 4.79 Å². The second-order valence-electron chi connectivity index (χ2n) is 6.43. The van der Waals surface area contributed by atoms with E-state index in [1.54, 1.807) is 0 Å². The van der Waals surface area contributed by atoms with Gasteiger partial charge in [-0.1, -0.05) is 34.8 Å². The Kier molecular flexibility index (Phi) is 4.71. The fraction of sp³-hybridized carbons (Fsp3) is 0.316. The molecule has 1 aliphatic rings. The Morgan fingerprint density at radius 1 is 1.15 bits per heavy atom. The molecule has 0 unspecified atom stereocenters. The van der Waals surface area contributed by atoms with Gasteiger partial charge >= 0.3 is 0 Å². The first-order valence-corrected chi connectivity index (χ1v) is 9.46. The Labute approximate surface area is 156 Å². The van der Waals surface area contributed by atoms with E-state index >= 15 is 0 Å². The van der Waals surface area contributed by atoms with E-state index in [0.717, 1.165) is 43.0 Å². The van der Waals surface area contributed by atoms with Crippen LogP contribution in [0.15, 0.2) is 42.6 Å². The number of aryl methyl sites for hydroxylation is 1. The fourth-order valence-electron chi connectivity index (χ4n) is 3.28. The smallest absolute Gasteiger partial charge is 0.267 e. The standard InChI is InChI=1S/C19H19N5OS/c1-13-17(26-23-22-13)19(25)24-11-8-14(9-12-24)16-7-10-20-18(21-16)15-5-3-2-4-6-15/h2-7,10,14H,8-9,11-12H2,1H3. The number of likely N-dealkylation sites (tertiary alicyclic amines) is 1. The molecule has 26 heavy (non-hydrogen) atoms. The minimum atomic E-state index is 0.0450. The van der Waals surface area contributed by atoms with Crippen LogP contribution in [0.5, 0.6) is 0 Å². The van der Waals surface area contributed by atoms with Crippen LogP contribution in [0.25, 0.3) is 11.4 Å². The molecule has 6 nitrogen and oxygen atoms in total. The number of nitrogens with zero attached hydrogens (tertiary/aromatic N) is 5. The number of benzene rings is 1. The lowest BCUT2D eigenvalue weighted by molar-refractivity contribution is 0.0716. The Bertz CT molecular complexity index is 903. The summed E-state index contributed by atoms with van der Waals surface area (Å²) in [5, 5.41) is 3.94. The summed E-state index contributed by atoms with van der Waals surface area (Å²) in [6, 6.07) is 12.0. The molecule has 1 amide bonds. The topological polar surface area (TPSA) is 71.9 Å². The Hall–Kier alpha value is -2.67. The van der Waals surface area contributed by atoms with Crippen LogP contribution < -0.4 is 0 Å². The monoisotopic (exact) mass is 365 g/mol. The molecule has 0 saturated carbocycles. The van der Waals surface area contributed by atoms with Crippen LogP contribution in [-0.2, 0) is 0 Å². The predicted octanol–water partition coefficient (Wildman–Crippen LogP) is 3.32. The summed E-state index contributed by atoms with van der Waals surface area (Å²) in [6.45, 7) is 3.28. The number of hydrogen-bond acceptors (Lipinski definition) is 6. The van der Waals surface area contributed by atoms with E-state index in [9.17, 15) is 4.79 Å². The second kappa shape index (κ2) is 7.29. The predicted molar refractivity (Wildman–Crippen MR) is 100.0 cm³/mol. The van der Waals surface area contributed by atoms with Crippen LogP contribution in [0.1, 0.15) is 39.8 Å². The van der Waals surface area contributed by atoms with Gasteiger partial charge in [0.05, 0.1) is 5.69 Å². The number of piperidine rings is 1. The molecule has 0 radical (unpaired) electrons. The zero-order valence-electron chi connectivity index (χ0n) is 14.5. The zero-order valence-corrected chi connectivity index (χ0v) is 15.3. The number of hydrogen-bond donors (Lipinski definition) is 0. The molecule has 132 valence electrons. The molecule has 0 spiro atoms. The lowest BCUT2D eigenvalue weighted by Gasteiger charge is -2.31. The average molecular weight is 365 g/mol. The van der Waals surface area contributed by atoms with Crippen LogP contribution in [0.4, 0.5) is 0 Å². The SMILES string of the molecule is Cc1nnsc1C(=O)N1CCC(c2ccnc(-c3ccccc3)n2)CC1. The first kappa shape index (κ1) is 16.8. The van der Waals surface area contributed by atoms with Crippen LogP contribution in [0, 0.1) is 6.92 Å². The number of aromatic nitrogens is 4. The summed E-state index contributed by atoms with van der Waals surface area (Å²) in [4.78, 5) is 24.3. The van der Waals surface area contributed by atoms with Crippen molar-refractivity contribution >= 4 is 17.4 Å². The molecule has 2 aromatic heterocycles. The van der Waals surface area contributed by atoms with Crippen molar-refractivity contribution in [3.05, 3.63) is 58.9 Å². The summed E-state index contributed by atoms with van der Waals surface area (Å²) in [7, 11) is 0. The molecule has 4 rings (SSSR count). The van der Waals surface area contributed by atoms with Crippen molar-refractivity contribution in [1.29, 1.82) is 0 Å². The average Bonchev–Trinajstić information content (AvgIpc) is 3.14. The van der Waals surface area contributed by atoms with Crippen molar-refractivity contribution in [1.82, 2.24) is 24.5 Å². The van der Waals surface area contributed by atoms with Crippen molar-refractivity contribution in [3.63, 3.8) is 0 Å². The van der Waals surface area contributed by atoms with Gasteiger partial charge < -0.3 is 4.90 Å². The Balaban J connectivity index is 1.45. The molecule has 1 aromatic carbocycles. The summed E-state index contributed by atoms with van der Waals surface area (Å²) in [6.07, 6.45) is 3.64.